The largest absolute Gasteiger partial charge is 0.477 e. The van der Waals surface area contributed by atoms with Gasteiger partial charge in [-0.15, -0.1) is 0 Å². The van der Waals surface area contributed by atoms with E-state index >= 15 is 0 Å². The van der Waals surface area contributed by atoms with Crippen LogP contribution in [0.4, 0.5) is 5.95 Å². The zero-order chi connectivity index (χ0) is 35.9. The van der Waals surface area contributed by atoms with Gasteiger partial charge in [-0.05, 0) is 107 Å². The third-order valence-corrected chi connectivity index (χ3v) is 10.6. The molecule has 11 heteroatoms. The van der Waals surface area contributed by atoms with Gasteiger partial charge in [0, 0.05) is 17.5 Å². The molecule has 1 fully saturated rings. The molecular weight excluding hydrogens is 642 g/mol. The number of hydrogen-bond acceptors (Lipinski definition) is 9. The Morgan fingerprint density at radius 2 is 1.53 bits per heavy atom. The quantitative estimate of drug-likeness (QED) is 0.199. The van der Waals surface area contributed by atoms with Gasteiger partial charge in [-0.1, -0.05) is 51.1 Å². The number of nitrogens with zero attached hydrogens (tertiary/aromatic N) is 2. The summed E-state index contributed by atoms with van der Waals surface area (Å²) < 4.78 is 48.0. The minimum absolute atomic E-state index is 0.0673. The molecule has 10 nitrogen and oxygen atoms in total. The van der Waals surface area contributed by atoms with E-state index in [9.17, 15) is 18.0 Å². The number of aryl methyl sites for hydroxylation is 2. The second-order valence-electron chi connectivity index (χ2n) is 15.4. The van der Waals surface area contributed by atoms with Gasteiger partial charge in [-0.25, -0.2) is 18.1 Å². The van der Waals surface area contributed by atoms with E-state index in [4.69, 9.17) is 14.2 Å². The van der Waals surface area contributed by atoms with Gasteiger partial charge in [-0.3, -0.25) is 9.59 Å². The Kier molecular flexibility index (Phi) is 10.2. The maximum atomic E-state index is 13.9. The van der Waals surface area contributed by atoms with Crippen LogP contribution in [0.5, 0.6) is 5.88 Å². The van der Waals surface area contributed by atoms with Gasteiger partial charge < -0.3 is 14.2 Å². The molecule has 264 valence electrons. The predicted octanol–water partition coefficient (Wildman–Crippen LogP) is 7.39. The number of aromatic nitrogens is 2. The third kappa shape index (κ3) is 7.92. The molecule has 1 saturated carbocycles. The molecule has 1 unspecified atom stereocenters. The summed E-state index contributed by atoms with van der Waals surface area (Å²) in [5.41, 5.74) is 2.60. The summed E-state index contributed by atoms with van der Waals surface area (Å²) in [5.74, 6) is -1.59. The summed E-state index contributed by atoms with van der Waals surface area (Å²) in [4.78, 5) is 36.3. The number of rotatable bonds is 7. The number of carbonyl (C=O) groups is 2. The number of ether oxygens (including phenoxy) is 3. The Labute approximate surface area is 290 Å². The first kappa shape index (κ1) is 36.3. The first-order valence-corrected chi connectivity index (χ1v) is 18.5. The Morgan fingerprint density at radius 1 is 0.939 bits per heavy atom. The standard InChI is InChI=1S/C38H49N3O7S/c1-22(2)47-34(42)38(35(43)48-23(3)4)19-27(20-38)33-26-14-11-15-29(16-26)49(44,45)41-36-39-30(32-24(5)12-10-13-25(32)6)17-31(40-36)46-21-28(33)18-37(7,8)9/h10-17,22-23,27-28,33H,18-21H2,1-9H3,(H,39,40,41)/t28-,33?/m1/s1. The van der Waals surface area contributed by atoms with E-state index in [1.54, 1.807) is 52.0 Å². The first-order valence-electron chi connectivity index (χ1n) is 17.0. The van der Waals surface area contributed by atoms with Gasteiger partial charge >= 0.3 is 11.9 Å². The molecular formula is C38H49N3O7S. The number of sulfonamides is 1. The predicted molar refractivity (Wildman–Crippen MR) is 188 cm³/mol. The van der Waals surface area contributed by atoms with Crippen LogP contribution in [-0.4, -0.2) is 49.1 Å². The van der Waals surface area contributed by atoms with Gasteiger partial charge in [-0.2, -0.15) is 4.98 Å². The van der Waals surface area contributed by atoms with E-state index < -0.39 is 39.6 Å². The van der Waals surface area contributed by atoms with Crippen molar-refractivity contribution in [1.29, 1.82) is 0 Å². The highest BCUT2D eigenvalue weighted by atomic mass is 32.2. The topological polar surface area (TPSA) is 134 Å². The SMILES string of the molecule is Cc1cccc(C)c1-c1cc2nc(n1)NS(=O)(=O)c1cccc(c1)C(C1CC(C(=O)OC(C)C)(C(=O)OC(C)C)C1)[C@H](CC(C)(C)C)CO2. The normalized spacial score (nSPS) is 20.2. The Bertz CT molecular complexity index is 1780. The van der Waals surface area contributed by atoms with Crippen molar-refractivity contribution < 1.29 is 32.2 Å². The summed E-state index contributed by atoms with van der Waals surface area (Å²) in [7, 11) is -4.11. The molecule has 1 aromatic heterocycles. The number of hydrogen-bond donors (Lipinski definition) is 1. The molecule has 0 saturated heterocycles. The van der Waals surface area contributed by atoms with E-state index in [0.29, 0.717) is 12.1 Å². The van der Waals surface area contributed by atoms with E-state index in [-0.39, 0.29) is 59.3 Å². The maximum Gasteiger partial charge on any atom is 0.323 e. The molecule has 1 N–H and O–H groups in total. The molecule has 2 atom stereocenters. The van der Waals surface area contributed by atoms with Gasteiger partial charge in [0.25, 0.3) is 10.0 Å². The van der Waals surface area contributed by atoms with Crippen LogP contribution in [0.2, 0.25) is 0 Å². The first-order chi connectivity index (χ1) is 22.9. The minimum Gasteiger partial charge on any atom is -0.477 e. The fourth-order valence-corrected chi connectivity index (χ4v) is 8.32. The molecule has 1 aliphatic heterocycles. The zero-order valence-electron chi connectivity index (χ0n) is 30.0. The summed E-state index contributed by atoms with van der Waals surface area (Å²) in [5, 5.41) is 0. The molecule has 4 bridgehead atoms. The lowest BCUT2D eigenvalue weighted by Crippen LogP contribution is -2.54. The van der Waals surface area contributed by atoms with E-state index in [1.807, 2.05) is 38.1 Å². The molecule has 49 heavy (non-hydrogen) atoms. The molecule has 5 rings (SSSR count). The van der Waals surface area contributed by atoms with Crippen LogP contribution < -0.4 is 9.46 Å². The average Bonchev–Trinajstić information content (AvgIpc) is 2.95. The van der Waals surface area contributed by atoms with Gasteiger partial charge in [0.15, 0.2) is 5.41 Å². The molecule has 2 aromatic carbocycles. The molecule has 2 aliphatic rings. The van der Waals surface area contributed by atoms with Crippen molar-refractivity contribution >= 4 is 27.9 Å². The summed E-state index contributed by atoms with van der Waals surface area (Å²) in [6.07, 6.45) is 0.321. The highest BCUT2D eigenvalue weighted by Gasteiger charge is 2.61. The monoisotopic (exact) mass is 691 g/mol. The van der Waals surface area contributed by atoms with Crippen molar-refractivity contribution in [2.24, 2.45) is 22.7 Å². The van der Waals surface area contributed by atoms with Gasteiger partial charge in [0.05, 0.1) is 29.4 Å². The number of carbonyl (C=O) groups excluding carboxylic acids is 2. The van der Waals surface area contributed by atoms with Crippen molar-refractivity contribution in [2.75, 3.05) is 11.3 Å². The van der Waals surface area contributed by atoms with Crippen LogP contribution in [0.15, 0.2) is 53.4 Å². The van der Waals surface area contributed by atoms with Crippen molar-refractivity contribution in [3.8, 4) is 17.1 Å². The van der Waals surface area contributed by atoms with Crippen molar-refractivity contribution in [3.63, 3.8) is 0 Å². The molecule has 3 aromatic rings. The van der Waals surface area contributed by atoms with E-state index in [1.165, 1.54) is 0 Å². The van der Waals surface area contributed by atoms with Crippen LogP contribution in [0.3, 0.4) is 0 Å². The van der Waals surface area contributed by atoms with Crippen LogP contribution in [0, 0.1) is 36.5 Å². The molecule has 0 amide bonds. The van der Waals surface area contributed by atoms with Crippen molar-refractivity contribution in [3.05, 3.63) is 65.2 Å². The lowest BCUT2D eigenvalue weighted by Gasteiger charge is -2.49. The minimum atomic E-state index is -4.11. The molecule has 0 spiro atoms. The summed E-state index contributed by atoms with van der Waals surface area (Å²) in [6.45, 7) is 17.7. The molecule has 2 heterocycles. The van der Waals surface area contributed by atoms with Gasteiger partial charge in [0.2, 0.25) is 11.8 Å². The lowest BCUT2D eigenvalue weighted by molar-refractivity contribution is -0.190. The summed E-state index contributed by atoms with van der Waals surface area (Å²) in [6, 6.07) is 14.5. The highest BCUT2D eigenvalue weighted by molar-refractivity contribution is 7.92. The smallest absolute Gasteiger partial charge is 0.323 e. The van der Waals surface area contributed by atoms with E-state index in [2.05, 4.69) is 35.5 Å². The van der Waals surface area contributed by atoms with E-state index in [0.717, 1.165) is 22.3 Å². The fraction of sp³-hybridized carbons (Fsp3) is 0.526. The van der Waals surface area contributed by atoms with Crippen LogP contribution in [0.1, 0.15) is 90.3 Å². The second kappa shape index (κ2) is 13.7. The third-order valence-electron chi connectivity index (χ3n) is 9.24. The number of esters is 2. The number of anilines is 1. The van der Waals surface area contributed by atoms with Crippen molar-refractivity contribution in [1.82, 2.24) is 9.97 Å². The van der Waals surface area contributed by atoms with Gasteiger partial charge in [0.1, 0.15) is 0 Å². The fourth-order valence-electron chi connectivity index (χ4n) is 7.32. The Hall–Kier alpha value is -3.99. The second-order valence-corrected chi connectivity index (χ2v) is 17.1. The average molecular weight is 692 g/mol. The molecule has 1 aliphatic carbocycles. The number of fused-ring (bicyclic) bond motifs is 4. The molecule has 0 radical (unpaired) electrons. The Morgan fingerprint density at radius 3 is 2.10 bits per heavy atom. The summed E-state index contributed by atoms with van der Waals surface area (Å²) >= 11 is 0. The lowest BCUT2D eigenvalue weighted by atomic mass is 9.54. The van der Waals surface area contributed by atoms with Crippen LogP contribution in [-0.2, 0) is 29.1 Å². The van der Waals surface area contributed by atoms with Crippen molar-refractivity contribution in [2.45, 2.75) is 105 Å². The number of benzene rings is 2. The highest BCUT2D eigenvalue weighted by Crippen LogP contribution is 2.56. The number of nitrogens with one attached hydrogen (secondary N) is 1. The zero-order valence-corrected chi connectivity index (χ0v) is 30.8. The maximum absolute atomic E-state index is 13.9. The van der Waals surface area contributed by atoms with Crippen LogP contribution >= 0.6 is 0 Å². The Balaban J connectivity index is 1.62. The van der Waals surface area contributed by atoms with Crippen LogP contribution in [0.25, 0.3) is 11.3 Å².